The van der Waals surface area contributed by atoms with Gasteiger partial charge in [-0.1, -0.05) is 0 Å². The largest absolute Gasteiger partial charge is 0.331 e. The molecule has 6 nitrogen and oxygen atoms in total. The molecule has 0 saturated heterocycles. The lowest BCUT2D eigenvalue weighted by atomic mass is 10.3. The molecule has 0 aliphatic heterocycles. The second kappa shape index (κ2) is 5.24. The summed E-state index contributed by atoms with van der Waals surface area (Å²) in [5.41, 5.74) is 3.23. The number of carbonyl (C=O) groups excluding carboxylic acids is 1. The van der Waals surface area contributed by atoms with Gasteiger partial charge in [-0.05, 0) is 37.3 Å². The molecule has 6 heteroatoms. The molecule has 0 saturated carbocycles. The maximum Gasteiger partial charge on any atom is 0.323 e. The monoisotopic (exact) mass is 281 g/mol. The van der Waals surface area contributed by atoms with Crippen molar-refractivity contribution < 1.29 is 4.79 Å². The van der Waals surface area contributed by atoms with Crippen LogP contribution in [0.25, 0.3) is 11.0 Å². The van der Waals surface area contributed by atoms with Gasteiger partial charge in [0, 0.05) is 18.9 Å². The fraction of sp³-hybridized carbons (Fsp3) is 0.133. The molecule has 2 aromatic heterocycles. The summed E-state index contributed by atoms with van der Waals surface area (Å²) in [5.74, 6) is 0.932. The number of benzene rings is 1. The summed E-state index contributed by atoms with van der Waals surface area (Å²) >= 11 is 0. The molecule has 0 radical (unpaired) electrons. The quantitative estimate of drug-likeness (QED) is 0.758. The number of pyridine rings is 1. The first-order valence-electron chi connectivity index (χ1n) is 6.54. The third kappa shape index (κ3) is 2.69. The Morgan fingerprint density at radius 3 is 2.76 bits per heavy atom. The minimum atomic E-state index is -0.310. The Morgan fingerprint density at radius 2 is 2.00 bits per heavy atom. The van der Waals surface area contributed by atoms with Crippen LogP contribution in [0.1, 0.15) is 5.82 Å². The number of aryl methyl sites for hydroxylation is 2. The van der Waals surface area contributed by atoms with E-state index in [1.165, 1.54) is 0 Å². The molecule has 0 aliphatic carbocycles. The summed E-state index contributed by atoms with van der Waals surface area (Å²) < 4.78 is 2.01. The Bertz CT molecular complexity index is 794. The van der Waals surface area contributed by atoms with Crippen molar-refractivity contribution in [3.8, 4) is 0 Å². The van der Waals surface area contributed by atoms with Gasteiger partial charge in [-0.3, -0.25) is 4.98 Å². The summed E-state index contributed by atoms with van der Waals surface area (Å²) in [6.45, 7) is 1.95. The van der Waals surface area contributed by atoms with Crippen LogP contribution in [0.4, 0.5) is 16.2 Å². The van der Waals surface area contributed by atoms with Crippen molar-refractivity contribution >= 4 is 28.4 Å². The van der Waals surface area contributed by atoms with Gasteiger partial charge in [-0.25, -0.2) is 9.78 Å². The first kappa shape index (κ1) is 13.1. The number of fused-ring (bicyclic) bond motifs is 1. The number of hydrogen-bond acceptors (Lipinski definition) is 3. The van der Waals surface area contributed by atoms with E-state index in [0.29, 0.717) is 11.4 Å². The highest BCUT2D eigenvalue weighted by Gasteiger charge is 2.07. The van der Waals surface area contributed by atoms with Crippen LogP contribution in [0.5, 0.6) is 0 Å². The number of amides is 2. The molecule has 3 aromatic rings. The second-order valence-electron chi connectivity index (χ2n) is 4.74. The fourth-order valence-corrected chi connectivity index (χ4v) is 2.13. The summed E-state index contributed by atoms with van der Waals surface area (Å²) in [6, 6.07) is 8.87. The van der Waals surface area contributed by atoms with E-state index in [1.807, 2.05) is 36.7 Å². The zero-order valence-electron chi connectivity index (χ0n) is 11.8. The van der Waals surface area contributed by atoms with Crippen LogP contribution in [0.2, 0.25) is 0 Å². The molecular weight excluding hydrogens is 266 g/mol. The zero-order valence-corrected chi connectivity index (χ0v) is 11.8. The summed E-state index contributed by atoms with van der Waals surface area (Å²) in [6.07, 6.45) is 3.24. The number of aromatic nitrogens is 3. The van der Waals surface area contributed by atoms with Crippen molar-refractivity contribution in [1.82, 2.24) is 14.5 Å². The van der Waals surface area contributed by atoms with Crippen molar-refractivity contribution in [2.24, 2.45) is 7.05 Å². The summed E-state index contributed by atoms with van der Waals surface area (Å²) in [5, 5.41) is 5.50. The van der Waals surface area contributed by atoms with Crippen molar-refractivity contribution in [2.75, 3.05) is 10.6 Å². The molecular formula is C15H15N5O. The van der Waals surface area contributed by atoms with E-state index >= 15 is 0 Å². The Balaban J connectivity index is 1.77. The van der Waals surface area contributed by atoms with Gasteiger partial charge in [0.15, 0.2) is 0 Å². The highest BCUT2D eigenvalue weighted by atomic mass is 16.2. The second-order valence-corrected chi connectivity index (χ2v) is 4.74. The minimum Gasteiger partial charge on any atom is -0.331 e. The number of urea groups is 1. The van der Waals surface area contributed by atoms with Crippen LogP contribution in [0.15, 0.2) is 42.7 Å². The average molecular weight is 281 g/mol. The molecule has 0 bridgehead atoms. The van der Waals surface area contributed by atoms with Gasteiger partial charge in [0.2, 0.25) is 0 Å². The summed E-state index contributed by atoms with van der Waals surface area (Å²) in [7, 11) is 1.97. The molecule has 0 fully saturated rings. The molecule has 0 unspecified atom stereocenters. The smallest absolute Gasteiger partial charge is 0.323 e. The molecule has 2 heterocycles. The standard InChI is InChI=1S/C15H15N5O/c1-10-17-13-8-11(5-6-14(13)20(10)2)18-15(21)19-12-4-3-7-16-9-12/h3-9H,1-2H3,(H2,18,19,21). The van der Waals surface area contributed by atoms with Crippen molar-refractivity contribution in [1.29, 1.82) is 0 Å². The molecule has 21 heavy (non-hydrogen) atoms. The highest BCUT2D eigenvalue weighted by molar-refractivity contribution is 6.00. The number of nitrogens with one attached hydrogen (secondary N) is 2. The van der Waals surface area contributed by atoms with Crippen LogP contribution < -0.4 is 10.6 Å². The number of hydrogen-bond donors (Lipinski definition) is 2. The van der Waals surface area contributed by atoms with E-state index in [0.717, 1.165) is 16.9 Å². The lowest BCUT2D eigenvalue weighted by Crippen LogP contribution is -2.19. The highest BCUT2D eigenvalue weighted by Crippen LogP contribution is 2.19. The van der Waals surface area contributed by atoms with Crippen LogP contribution in [0, 0.1) is 6.92 Å². The van der Waals surface area contributed by atoms with Crippen molar-refractivity contribution in [3.63, 3.8) is 0 Å². The van der Waals surface area contributed by atoms with Gasteiger partial charge < -0.3 is 15.2 Å². The molecule has 1 aromatic carbocycles. The first-order chi connectivity index (χ1) is 10.1. The number of rotatable bonds is 2. The summed E-state index contributed by atoms with van der Waals surface area (Å²) in [4.78, 5) is 20.3. The van der Waals surface area contributed by atoms with Gasteiger partial charge in [0.1, 0.15) is 5.82 Å². The van der Waals surface area contributed by atoms with Crippen molar-refractivity contribution in [3.05, 3.63) is 48.5 Å². The normalized spacial score (nSPS) is 10.6. The fourth-order valence-electron chi connectivity index (χ4n) is 2.13. The Hall–Kier alpha value is -2.89. The zero-order chi connectivity index (χ0) is 14.8. The van der Waals surface area contributed by atoms with Gasteiger partial charge in [-0.15, -0.1) is 0 Å². The Labute approximate surface area is 121 Å². The third-order valence-corrected chi connectivity index (χ3v) is 3.28. The van der Waals surface area contributed by atoms with Crippen LogP contribution in [-0.2, 0) is 7.05 Å². The maximum absolute atomic E-state index is 11.9. The first-order valence-corrected chi connectivity index (χ1v) is 6.54. The Kier molecular flexibility index (Phi) is 3.27. The molecule has 106 valence electrons. The SMILES string of the molecule is Cc1nc2cc(NC(=O)Nc3cccnc3)ccc2n1C. The predicted octanol–water partition coefficient (Wildman–Crippen LogP) is 2.92. The third-order valence-electron chi connectivity index (χ3n) is 3.28. The van der Waals surface area contributed by atoms with Crippen LogP contribution >= 0.6 is 0 Å². The molecule has 2 amide bonds. The van der Waals surface area contributed by atoms with Gasteiger partial charge >= 0.3 is 6.03 Å². The van der Waals surface area contributed by atoms with E-state index in [9.17, 15) is 4.79 Å². The molecule has 0 atom stereocenters. The van der Waals surface area contributed by atoms with Gasteiger partial charge in [0.25, 0.3) is 0 Å². The predicted molar refractivity (Wildman–Crippen MR) is 82.3 cm³/mol. The van der Waals surface area contributed by atoms with E-state index in [2.05, 4.69) is 20.6 Å². The molecule has 3 rings (SSSR count). The topological polar surface area (TPSA) is 71.8 Å². The van der Waals surface area contributed by atoms with Gasteiger partial charge in [0.05, 0.1) is 22.9 Å². The number of imidazole rings is 1. The number of anilines is 2. The lowest BCUT2D eigenvalue weighted by Gasteiger charge is -2.07. The maximum atomic E-state index is 11.9. The van der Waals surface area contributed by atoms with Gasteiger partial charge in [-0.2, -0.15) is 0 Å². The van der Waals surface area contributed by atoms with E-state index < -0.39 is 0 Å². The van der Waals surface area contributed by atoms with Crippen LogP contribution in [-0.4, -0.2) is 20.6 Å². The van der Waals surface area contributed by atoms with E-state index in [4.69, 9.17) is 0 Å². The van der Waals surface area contributed by atoms with Crippen LogP contribution in [0.3, 0.4) is 0 Å². The van der Waals surface area contributed by atoms with E-state index in [1.54, 1.807) is 24.5 Å². The molecule has 0 spiro atoms. The van der Waals surface area contributed by atoms with Crippen molar-refractivity contribution in [2.45, 2.75) is 6.92 Å². The molecule has 0 aliphatic rings. The number of nitrogens with zero attached hydrogens (tertiary/aromatic N) is 3. The molecule has 2 N–H and O–H groups in total. The Morgan fingerprint density at radius 1 is 1.19 bits per heavy atom. The minimum absolute atomic E-state index is 0.310. The van der Waals surface area contributed by atoms with E-state index in [-0.39, 0.29) is 6.03 Å². The average Bonchev–Trinajstić information content (AvgIpc) is 2.74. The lowest BCUT2D eigenvalue weighted by molar-refractivity contribution is 0.262. The number of carbonyl (C=O) groups is 1.